The molecule has 0 rings (SSSR count). The Hall–Kier alpha value is -0.0800. The van der Waals surface area contributed by atoms with Crippen LogP contribution in [0.2, 0.25) is 0 Å². The summed E-state index contributed by atoms with van der Waals surface area (Å²) in [4.78, 5) is 0. The molecule has 0 unspecified atom stereocenters. The van der Waals surface area contributed by atoms with Gasteiger partial charge in [0, 0.05) is 0 Å². The molecule has 0 aliphatic carbocycles. The van der Waals surface area contributed by atoms with E-state index in [0.29, 0.717) is 0 Å². The minimum atomic E-state index is 0.861. The van der Waals surface area contributed by atoms with E-state index >= 15 is 0 Å². The van der Waals surface area contributed by atoms with Gasteiger partial charge in [-0.25, -0.2) is 0 Å². The molecule has 0 aromatic heterocycles. The van der Waals surface area contributed by atoms with Crippen LogP contribution in [0.4, 0.5) is 0 Å². The topological polar surface area (TPSA) is 26.0 Å². The summed E-state index contributed by atoms with van der Waals surface area (Å²) in [6, 6.07) is 0. The van der Waals surface area contributed by atoms with Gasteiger partial charge in [0.05, 0.1) is 26.2 Å². The fourth-order valence-electron chi connectivity index (χ4n) is 2.74. The molecule has 2 nitrogen and oxygen atoms in total. The van der Waals surface area contributed by atoms with Crippen molar-refractivity contribution in [2.75, 3.05) is 32.7 Å². The van der Waals surface area contributed by atoms with E-state index in [1.807, 2.05) is 0 Å². The average molecular weight is 257 g/mol. The first-order chi connectivity index (χ1) is 8.74. The molecule has 0 aliphatic heterocycles. The van der Waals surface area contributed by atoms with Gasteiger partial charge < -0.3 is 10.2 Å². The first-order valence-electron chi connectivity index (χ1n) is 8.29. The van der Waals surface area contributed by atoms with Crippen molar-refractivity contribution in [1.82, 2.24) is 0 Å². The van der Waals surface area contributed by atoms with Crippen molar-refractivity contribution in [2.45, 2.75) is 72.1 Å². The van der Waals surface area contributed by atoms with Crippen LogP contribution in [0, 0.1) is 0 Å². The van der Waals surface area contributed by atoms with Gasteiger partial charge in [0.15, 0.2) is 0 Å². The molecule has 0 fully saturated rings. The van der Waals surface area contributed by atoms with Gasteiger partial charge in [0.1, 0.15) is 0 Å². The second-order valence-electron chi connectivity index (χ2n) is 5.74. The number of hydrogen-bond donors (Lipinski definition) is 1. The summed E-state index contributed by atoms with van der Waals surface area (Å²) in [6.07, 6.45) is 10.7. The van der Waals surface area contributed by atoms with Crippen LogP contribution in [0.3, 0.4) is 0 Å². The summed E-state index contributed by atoms with van der Waals surface area (Å²) in [5.41, 5.74) is 5.55. The van der Waals surface area contributed by atoms with Crippen molar-refractivity contribution in [1.29, 1.82) is 0 Å². The quantitative estimate of drug-likeness (QED) is 0.392. The molecule has 0 amide bonds. The van der Waals surface area contributed by atoms with Gasteiger partial charge in [-0.1, -0.05) is 33.1 Å². The average Bonchev–Trinajstić information content (AvgIpc) is 2.41. The summed E-state index contributed by atoms with van der Waals surface area (Å²) in [5, 5.41) is 0. The fourth-order valence-corrected chi connectivity index (χ4v) is 2.74. The van der Waals surface area contributed by atoms with E-state index in [9.17, 15) is 0 Å². The summed E-state index contributed by atoms with van der Waals surface area (Å²) >= 11 is 0. The van der Waals surface area contributed by atoms with Crippen LogP contribution in [0.15, 0.2) is 0 Å². The van der Waals surface area contributed by atoms with Gasteiger partial charge in [-0.3, -0.25) is 0 Å². The molecule has 0 bridgehead atoms. The van der Waals surface area contributed by atoms with Gasteiger partial charge in [0.2, 0.25) is 0 Å². The standard InChI is InChI=1S/C16H37N2/c1-4-7-14-18(6-3,15-8-5-2)16-12-10-9-11-13-17/h4-17H2,1-3H3/q+1. The third-order valence-corrected chi connectivity index (χ3v) is 4.23. The highest BCUT2D eigenvalue weighted by molar-refractivity contribution is 4.49. The Morgan fingerprint density at radius 3 is 1.61 bits per heavy atom. The lowest BCUT2D eigenvalue weighted by atomic mass is 10.1. The van der Waals surface area contributed by atoms with E-state index in [1.165, 1.54) is 82.0 Å². The molecule has 0 aromatic carbocycles. The molecule has 0 saturated carbocycles. The smallest absolute Gasteiger partial charge is 0.0786 e. The van der Waals surface area contributed by atoms with E-state index in [0.717, 1.165) is 6.54 Å². The Labute approximate surface area is 116 Å². The molecule has 2 heteroatoms. The van der Waals surface area contributed by atoms with Crippen LogP contribution < -0.4 is 5.73 Å². The molecule has 110 valence electrons. The number of nitrogens with zero attached hydrogens (tertiary/aromatic N) is 1. The van der Waals surface area contributed by atoms with Crippen molar-refractivity contribution in [3.05, 3.63) is 0 Å². The van der Waals surface area contributed by atoms with Gasteiger partial charge >= 0.3 is 0 Å². The Bertz CT molecular complexity index is 160. The SMILES string of the molecule is CCCC[N+](CC)(CCCC)CCCCCCN. The molecular weight excluding hydrogens is 220 g/mol. The van der Waals surface area contributed by atoms with Crippen molar-refractivity contribution in [3.8, 4) is 0 Å². The number of quaternary nitrogens is 1. The summed E-state index contributed by atoms with van der Waals surface area (Å²) in [6.45, 7) is 13.4. The van der Waals surface area contributed by atoms with E-state index in [-0.39, 0.29) is 0 Å². The number of hydrogen-bond acceptors (Lipinski definition) is 1. The second-order valence-corrected chi connectivity index (χ2v) is 5.74. The minimum Gasteiger partial charge on any atom is -0.330 e. The number of nitrogens with two attached hydrogens (primary N) is 1. The number of rotatable bonds is 13. The third-order valence-electron chi connectivity index (χ3n) is 4.23. The molecule has 0 heterocycles. The lowest BCUT2D eigenvalue weighted by Gasteiger charge is -2.38. The Morgan fingerprint density at radius 1 is 0.667 bits per heavy atom. The predicted molar refractivity (Wildman–Crippen MR) is 82.7 cm³/mol. The highest BCUT2D eigenvalue weighted by atomic mass is 15.3. The van der Waals surface area contributed by atoms with Crippen molar-refractivity contribution in [3.63, 3.8) is 0 Å². The molecular formula is C16H37N2+. The van der Waals surface area contributed by atoms with Crippen LogP contribution >= 0.6 is 0 Å². The van der Waals surface area contributed by atoms with E-state index < -0.39 is 0 Å². The lowest BCUT2D eigenvalue weighted by Crippen LogP contribution is -2.49. The highest BCUT2D eigenvalue weighted by Gasteiger charge is 2.23. The van der Waals surface area contributed by atoms with Crippen LogP contribution in [0.25, 0.3) is 0 Å². The monoisotopic (exact) mass is 257 g/mol. The minimum absolute atomic E-state index is 0.861. The van der Waals surface area contributed by atoms with Gasteiger partial charge in [0.25, 0.3) is 0 Å². The number of unbranched alkanes of at least 4 members (excludes halogenated alkanes) is 5. The third kappa shape index (κ3) is 8.10. The zero-order valence-corrected chi connectivity index (χ0v) is 13.2. The van der Waals surface area contributed by atoms with Crippen LogP contribution in [0.5, 0.6) is 0 Å². The largest absolute Gasteiger partial charge is 0.330 e. The maximum absolute atomic E-state index is 5.55. The van der Waals surface area contributed by atoms with Crippen molar-refractivity contribution < 1.29 is 4.48 Å². The molecule has 0 aliphatic rings. The lowest BCUT2D eigenvalue weighted by molar-refractivity contribution is -0.927. The Balaban J connectivity index is 4.07. The molecule has 0 aromatic rings. The summed E-state index contributed by atoms with van der Waals surface area (Å²) < 4.78 is 1.37. The zero-order valence-electron chi connectivity index (χ0n) is 13.2. The van der Waals surface area contributed by atoms with Crippen LogP contribution in [-0.2, 0) is 0 Å². The predicted octanol–water partition coefficient (Wildman–Crippen LogP) is 3.94. The second kappa shape index (κ2) is 12.0. The Kier molecular flexibility index (Phi) is 11.9. The van der Waals surface area contributed by atoms with Gasteiger partial charge in [-0.15, -0.1) is 0 Å². The van der Waals surface area contributed by atoms with Gasteiger partial charge in [-0.05, 0) is 45.6 Å². The van der Waals surface area contributed by atoms with Crippen LogP contribution in [-0.4, -0.2) is 37.2 Å². The molecule has 18 heavy (non-hydrogen) atoms. The Morgan fingerprint density at radius 2 is 1.17 bits per heavy atom. The van der Waals surface area contributed by atoms with Crippen LogP contribution in [0.1, 0.15) is 72.1 Å². The first-order valence-corrected chi connectivity index (χ1v) is 8.29. The van der Waals surface area contributed by atoms with Crippen molar-refractivity contribution in [2.24, 2.45) is 5.73 Å². The molecule has 0 atom stereocenters. The highest BCUT2D eigenvalue weighted by Crippen LogP contribution is 2.15. The zero-order chi connectivity index (χ0) is 13.7. The summed E-state index contributed by atoms with van der Waals surface area (Å²) in [5.74, 6) is 0. The maximum atomic E-state index is 5.55. The molecule has 0 saturated heterocycles. The van der Waals surface area contributed by atoms with E-state index in [1.54, 1.807) is 0 Å². The molecule has 0 radical (unpaired) electrons. The van der Waals surface area contributed by atoms with E-state index in [2.05, 4.69) is 20.8 Å². The summed E-state index contributed by atoms with van der Waals surface area (Å²) in [7, 11) is 0. The first kappa shape index (κ1) is 17.9. The maximum Gasteiger partial charge on any atom is 0.0786 e. The molecule has 0 spiro atoms. The van der Waals surface area contributed by atoms with E-state index in [4.69, 9.17) is 5.73 Å². The fraction of sp³-hybridized carbons (Fsp3) is 1.00. The normalized spacial score (nSPS) is 12.0. The van der Waals surface area contributed by atoms with Crippen molar-refractivity contribution >= 4 is 0 Å². The van der Waals surface area contributed by atoms with Gasteiger partial charge in [-0.2, -0.15) is 0 Å². The molecule has 2 N–H and O–H groups in total.